The topological polar surface area (TPSA) is 83.9 Å². The predicted molar refractivity (Wildman–Crippen MR) is 123 cm³/mol. The molecule has 1 fully saturated rings. The van der Waals surface area contributed by atoms with Crippen LogP contribution in [0, 0.1) is 5.92 Å². The van der Waals surface area contributed by atoms with Crippen LogP contribution in [-0.2, 0) is 9.53 Å². The third-order valence-corrected chi connectivity index (χ3v) is 8.11. The first kappa shape index (κ1) is 23.5. The fraction of sp³-hybridized carbons (Fsp3) is 0.320. The SMILES string of the molecule is O=C1C(=O)c2ccccc2C2=C1SCC1(CCC(N(C(=O)O)c3ccccc3)C(C(F)(F)F)C1)O2. The van der Waals surface area contributed by atoms with Gasteiger partial charge in [0.05, 0.1) is 12.0 Å². The van der Waals surface area contributed by atoms with Crippen LogP contribution in [-0.4, -0.2) is 46.3 Å². The van der Waals surface area contributed by atoms with Crippen LogP contribution < -0.4 is 4.90 Å². The standard InChI is InChI=1S/C25H20F3NO5S/c26-25(27,28)17-12-24(11-10-18(17)29(23(32)33)14-6-2-1-3-7-14)13-35-22-20(31)19(30)15-8-4-5-9-16(15)21(22)34-24/h1-9,17-18H,10-13H2,(H,32,33). The molecule has 1 spiro atoms. The Labute approximate surface area is 202 Å². The third kappa shape index (κ3) is 3.99. The van der Waals surface area contributed by atoms with Gasteiger partial charge < -0.3 is 9.84 Å². The van der Waals surface area contributed by atoms with Crippen LogP contribution >= 0.6 is 11.8 Å². The zero-order valence-electron chi connectivity index (χ0n) is 18.2. The molecular weight excluding hydrogens is 483 g/mol. The normalized spacial score (nSPS) is 26.1. The fourth-order valence-corrected chi connectivity index (χ4v) is 6.40. The highest BCUT2D eigenvalue weighted by atomic mass is 32.2. The number of carboxylic acid groups (broad SMARTS) is 1. The average Bonchev–Trinajstić information content (AvgIpc) is 2.83. The first-order valence-electron chi connectivity index (χ1n) is 11.0. The minimum Gasteiger partial charge on any atom is -0.484 e. The number of halogens is 3. The van der Waals surface area contributed by atoms with E-state index in [1.165, 1.54) is 18.2 Å². The average molecular weight is 503 g/mol. The van der Waals surface area contributed by atoms with Crippen LogP contribution in [0.5, 0.6) is 0 Å². The Morgan fingerprint density at radius 3 is 2.34 bits per heavy atom. The summed E-state index contributed by atoms with van der Waals surface area (Å²) in [4.78, 5) is 38.1. The van der Waals surface area contributed by atoms with Crippen LogP contribution in [0.15, 0.2) is 59.5 Å². The molecule has 6 nitrogen and oxygen atoms in total. The number of carbonyl (C=O) groups is 3. The molecule has 5 rings (SSSR count). The maximum atomic E-state index is 14.4. The van der Waals surface area contributed by atoms with Crippen LogP contribution in [0.4, 0.5) is 23.7 Å². The molecule has 10 heteroatoms. The number of anilines is 1. The van der Waals surface area contributed by atoms with Crippen LogP contribution in [0.3, 0.4) is 0 Å². The van der Waals surface area contributed by atoms with Gasteiger partial charge in [-0.05, 0) is 25.0 Å². The smallest absolute Gasteiger partial charge is 0.412 e. The van der Waals surface area contributed by atoms with Crippen molar-refractivity contribution in [3.8, 4) is 0 Å². The zero-order chi connectivity index (χ0) is 25.0. The third-order valence-electron chi connectivity index (χ3n) is 6.78. The maximum Gasteiger partial charge on any atom is 0.412 e. The molecule has 1 amide bonds. The lowest BCUT2D eigenvalue weighted by Crippen LogP contribution is -2.57. The molecule has 0 bridgehead atoms. The first-order chi connectivity index (χ1) is 16.6. The Hall–Kier alpha value is -3.27. The molecule has 35 heavy (non-hydrogen) atoms. The number of Topliss-reactive ketones (excluding diaryl/α,β-unsaturated/α-hetero) is 2. The van der Waals surface area contributed by atoms with Gasteiger partial charge in [0.25, 0.3) is 0 Å². The number of carbonyl (C=O) groups excluding carboxylic acids is 2. The van der Waals surface area contributed by atoms with E-state index in [1.807, 2.05) is 0 Å². The summed E-state index contributed by atoms with van der Waals surface area (Å²) in [6, 6.07) is 12.8. The molecule has 1 N–H and O–H groups in total. The number of fused-ring (bicyclic) bond motifs is 2. The molecule has 2 aromatic rings. The largest absolute Gasteiger partial charge is 0.484 e. The lowest BCUT2D eigenvalue weighted by Gasteiger charge is -2.49. The highest BCUT2D eigenvalue weighted by Crippen LogP contribution is 2.53. The van der Waals surface area contributed by atoms with E-state index in [9.17, 15) is 32.7 Å². The number of rotatable bonds is 2. The van der Waals surface area contributed by atoms with Crippen LogP contribution in [0.25, 0.3) is 5.76 Å². The summed E-state index contributed by atoms with van der Waals surface area (Å²) < 4.78 is 49.3. The summed E-state index contributed by atoms with van der Waals surface area (Å²) in [5, 5.41) is 9.83. The maximum absolute atomic E-state index is 14.4. The minimum absolute atomic E-state index is 0.0602. The van der Waals surface area contributed by atoms with Gasteiger partial charge in [0.2, 0.25) is 11.6 Å². The predicted octanol–water partition coefficient (Wildman–Crippen LogP) is 5.54. The van der Waals surface area contributed by atoms with E-state index in [1.54, 1.807) is 36.4 Å². The molecule has 1 heterocycles. The summed E-state index contributed by atoms with van der Waals surface area (Å²) in [5.74, 6) is -3.17. The van der Waals surface area contributed by atoms with Crippen molar-refractivity contribution in [2.45, 2.75) is 37.1 Å². The molecule has 3 atom stereocenters. The van der Waals surface area contributed by atoms with E-state index in [0.717, 1.165) is 16.7 Å². The van der Waals surface area contributed by atoms with Gasteiger partial charge in [-0.1, -0.05) is 42.5 Å². The second-order valence-electron chi connectivity index (χ2n) is 8.88. The van der Waals surface area contributed by atoms with Gasteiger partial charge in [-0.3, -0.25) is 14.5 Å². The lowest BCUT2D eigenvalue weighted by atomic mass is 9.74. The Morgan fingerprint density at radius 1 is 1.03 bits per heavy atom. The Balaban J connectivity index is 1.50. The van der Waals surface area contributed by atoms with E-state index in [2.05, 4.69) is 0 Å². The molecule has 3 aliphatic rings. The molecule has 2 aromatic carbocycles. The Kier molecular flexibility index (Phi) is 5.66. The fourth-order valence-electron chi connectivity index (χ4n) is 5.16. The number of ketones is 2. The zero-order valence-corrected chi connectivity index (χ0v) is 19.1. The van der Waals surface area contributed by atoms with Gasteiger partial charge in [-0.15, -0.1) is 11.8 Å². The first-order valence-corrected chi connectivity index (χ1v) is 12.0. The van der Waals surface area contributed by atoms with Crippen molar-refractivity contribution in [1.82, 2.24) is 0 Å². The molecule has 1 aliphatic heterocycles. The second kappa shape index (κ2) is 8.44. The van der Waals surface area contributed by atoms with Crippen molar-refractivity contribution in [3.05, 3.63) is 70.6 Å². The number of para-hydroxylation sites is 1. The van der Waals surface area contributed by atoms with E-state index < -0.39 is 47.8 Å². The highest BCUT2D eigenvalue weighted by molar-refractivity contribution is 8.04. The number of nitrogens with zero attached hydrogens (tertiary/aromatic N) is 1. The number of thioether (sulfide) groups is 1. The number of ether oxygens (including phenoxy) is 1. The molecule has 2 aliphatic carbocycles. The summed E-state index contributed by atoms with van der Waals surface area (Å²) >= 11 is 1.04. The van der Waals surface area contributed by atoms with Gasteiger partial charge in [0.15, 0.2) is 0 Å². The molecule has 182 valence electrons. The number of hydrogen-bond acceptors (Lipinski definition) is 5. The summed E-state index contributed by atoms with van der Waals surface area (Å²) in [6.45, 7) is 0. The number of benzene rings is 2. The minimum atomic E-state index is -4.68. The van der Waals surface area contributed by atoms with Crippen molar-refractivity contribution in [2.75, 3.05) is 10.7 Å². The van der Waals surface area contributed by atoms with Gasteiger partial charge in [0.1, 0.15) is 16.3 Å². The number of hydrogen-bond donors (Lipinski definition) is 1. The van der Waals surface area contributed by atoms with Crippen LogP contribution in [0.2, 0.25) is 0 Å². The van der Waals surface area contributed by atoms with Crippen molar-refractivity contribution in [1.29, 1.82) is 0 Å². The van der Waals surface area contributed by atoms with E-state index >= 15 is 0 Å². The van der Waals surface area contributed by atoms with Gasteiger partial charge >= 0.3 is 12.3 Å². The summed E-state index contributed by atoms with van der Waals surface area (Å²) in [5.41, 5.74) is -0.532. The van der Waals surface area contributed by atoms with E-state index in [0.29, 0.717) is 5.56 Å². The molecule has 0 aromatic heterocycles. The van der Waals surface area contributed by atoms with E-state index in [-0.39, 0.29) is 40.5 Å². The van der Waals surface area contributed by atoms with Crippen molar-refractivity contribution < 1.29 is 37.4 Å². The monoisotopic (exact) mass is 503 g/mol. The van der Waals surface area contributed by atoms with Crippen molar-refractivity contribution in [3.63, 3.8) is 0 Å². The molecular formula is C25H20F3NO5S. The molecule has 0 radical (unpaired) electrons. The summed E-state index contributed by atoms with van der Waals surface area (Å²) in [7, 11) is 0. The number of allylic oxidation sites excluding steroid dienone is 1. The number of alkyl halides is 3. The summed E-state index contributed by atoms with van der Waals surface area (Å²) in [6.07, 6.45) is -6.52. The quantitative estimate of drug-likeness (QED) is 0.542. The van der Waals surface area contributed by atoms with Gasteiger partial charge in [-0.2, -0.15) is 13.2 Å². The van der Waals surface area contributed by atoms with Gasteiger partial charge in [-0.25, -0.2) is 4.79 Å². The van der Waals surface area contributed by atoms with E-state index in [4.69, 9.17) is 4.74 Å². The molecule has 0 saturated heterocycles. The van der Waals surface area contributed by atoms with Gasteiger partial charge in [0, 0.05) is 29.0 Å². The Morgan fingerprint density at radius 2 is 1.69 bits per heavy atom. The lowest BCUT2D eigenvalue weighted by molar-refractivity contribution is -0.202. The molecule has 3 unspecified atom stereocenters. The number of amides is 1. The van der Waals surface area contributed by atoms with Crippen molar-refractivity contribution in [2.24, 2.45) is 5.92 Å². The van der Waals surface area contributed by atoms with Crippen molar-refractivity contribution >= 4 is 40.9 Å². The Bertz CT molecular complexity index is 1250. The highest BCUT2D eigenvalue weighted by Gasteiger charge is 2.57. The molecule has 1 saturated carbocycles. The van der Waals surface area contributed by atoms with Crippen LogP contribution in [0.1, 0.15) is 35.2 Å². The second-order valence-corrected chi connectivity index (χ2v) is 9.87.